The maximum atomic E-state index is 13.4. The van der Waals surface area contributed by atoms with E-state index >= 15 is 0 Å². The first-order valence-electron chi connectivity index (χ1n) is 10.8. The standard InChI is InChI=1S/C25H16BrN5O6/c26-16-8-9-20-15(10-16)11-21(37-20)24-29-18-6-2-1-5-17(18)25(33)30(24)28-12-14-4-3-7-19(31(34)35)23(14)36-13-22(27)32/h1-12H,13H2,(H2,27,32). The van der Waals surface area contributed by atoms with Gasteiger partial charge in [0.2, 0.25) is 11.6 Å². The van der Waals surface area contributed by atoms with Crippen molar-refractivity contribution in [1.82, 2.24) is 9.66 Å². The summed E-state index contributed by atoms with van der Waals surface area (Å²) in [6, 6.07) is 18.1. The lowest BCUT2D eigenvalue weighted by Gasteiger charge is -2.09. The number of furan rings is 1. The molecular weight excluding hydrogens is 546 g/mol. The molecule has 0 saturated heterocycles. The second-order valence-electron chi connectivity index (χ2n) is 7.81. The number of nitrogens with zero attached hydrogens (tertiary/aromatic N) is 4. The summed E-state index contributed by atoms with van der Waals surface area (Å²) < 4.78 is 13.2. The number of nitro benzene ring substituents is 1. The van der Waals surface area contributed by atoms with Crippen molar-refractivity contribution in [2.24, 2.45) is 10.8 Å². The smallest absolute Gasteiger partial charge is 0.311 e. The molecule has 2 N–H and O–H groups in total. The molecule has 0 aliphatic rings. The van der Waals surface area contributed by atoms with Crippen LogP contribution in [0.1, 0.15) is 5.56 Å². The molecule has 5 rings (SSSR count). The Morgan fingerprint density at radius 1 is 1.19 bits per heavy atom. The highest BCUT2D eigenvalue weighted by atomic mass is 79.9. The number of nitro groups is 1. The van der Waals surface area contributed by atoms with Crippen LogP contribution in [0.5, 0.6) is 5.75 Å². The van der Waals surface area contributed by atoms with Crippen molar-refractivity contribution >= 4 is 55.6 Å². The SMILES string of the molecule is NC(=O)COc1c(C=Nn2c(-c3cc4cc(Br)ccc4o3)nc3ccccc3c2=O)cccc1[N+](=O)[O-]. The van der Waals surface area contributed by atoms with Crippen molar-refractivity contribution in [1.29, 1.82) is 0 Å². The average Bonchev–Trinajstić information content (AvgIpc) is 3.30. The van der Waals surface area contributed by atoms with E-state index in [4.69, 9.17) is 14.9 Å². The van der Waals surface area contributed by atoms with Gasteiger partial charge in [-0.3, -0.25) is 19.7 Å². The number of primary amides is 1. The molecule has 3 aromatic carbocycles. The van der Waals surface area contributed by atoms with Crippen LogP contribution in [0, 0.1) is 10.1 Å². The van der Waals surface area contributed by atoms with Crippen LogP contribution in [0.3, 0.4) is 0 Å². The van der Waals surface area contributed by atoms with Crippen molar-refractivity contribution in [2.75, 3.05) is 6.61 Å². The zero-order valence-corrected chi connectivity index (χ0v) is 20.4. The van der Waals surface area contributed by atoms with Crippen LogP contribution in [-0.4, -0.2) is 33.3 Å². The molecule has 0 saturated carbocycles. The van der Waals surface area contributed by atoms with Crippen molar-refractivity contribution in [3.63, 3.8) is 0 Å². The van der Waals surface area contributed by atoms with Gasteiger partial charge in [-0.15, -0.1) is 0 Å². The molecular formula is C25H16BrN5O6. The lowest BCUT2D eigenvalue weighted by Crippen LogP contribution is -2.21. The van der Waals surface area contributed by atoms with Crippen LogP contribution in [0.2, 0.25) is 0 Å². The minimum atomic E-state index is -0.810. The number of carbonyl (C=O) groups is 1. The van der Waals surface area contributed by atoms with Crippen molar-refractivity contribution in [2.45, 2.75) is 0 Å². The van der Waals surface area contributed by atoms with E-state index in [0.29, 0.717) is 16.5 Å². The van der Waals surface area contributed by atoms with Crippen molar-refractivity contribution < 1.29 is 18.9 Å². The number of hydrogen-bond donors (Lipinski definition) is 1. The molecule has 0 aliphatic carbocycles. The Balaban J connectivity index is 1.70. The van der Waals surface area contributed by atoms with Gasteiger partial charge in [0.15, 0.2) is 12.4 Å². The number of aromatic nitrogens is 2. The topological polar surface area (TPSA) is 156 Å². The Labute approximate surface area is 216 Å². The molecule has 1 amide bonds. The molecule has 11 nitrogen and oxygen atoms in total. The fraction of sp³-hybridized carbons (Fsp3) is 0.0400. The summed E-state index contributed by atoms with van der Waals surface area (Å²) in [6.07, 6.45) is 1.21. The van der Waals surface area contributed by atoms with E-state index in [9.17, 15) is 19.7 Å². The summed E-state index contributed by atoms with van der Waals surface area (Å²) in [5.41, 5.74) is 5.44. The first kappa shape index (κ1) is 23.9. The quantitative estimate of drug-likeness (QED) is 0.177. The molecule has 0 aliphatic heterocycles. The zero-order chi connectivity index (χ0) is 26.1. The predicted molar refractivity (Wildman–Crippen MR) is 140 cm³/mol. The number of rotatable bonds is 7. The van der Waals surface area contributed by atoms with Crippen LogP contribution in [-0.2, 0) is 4.79 Å². The van der Waals surface area contributed by atoms with Crippen LogP contribution in [0.15, 0.2) is 85.5 Å². The molecule has 184 valence electrons. The van der Waals surface area contributed by atoms with E-state index in [0.717, 1.165) is 14.5 Å². The van der Waals surface area contributed by atoms with Gasteiger partial charge in [0.1, 0.15) is 5.58 Å². The number of hydrogen-bond acceptors (Lipinski definition) is 8. The highest BCUT2D eigenvalue weighted by Gasteiger charge is 2.20. The van der Waals surface area contributed by atoms with Crippen LogP contribution < -0.4 is 16.0 Å². The Morgan fingerprint density at radius 3 is 2.78 bits per heavy atom. The minimum absolute atomic E-state index is 0.123. The molecule has 0 unspecified atom stereocenters. The second-order valence-corrected chi connectivity index (χ2v) is 8.73. The van der Waals surface area contributed by atoms with Gasteiger partial charge in [0.05, 0.1) is 22.0 Å². The average molecular weight is 562 g/mol. The number of nitrogens with two attached hydrogens (primary N) is 1. The summed E-state index contributed by atoms with van der Waals surface area (Å²) >= 11 is 3.43. The molecule has 0 bridgehead atoms. The first-order chi connectivity index (χ1) is 17.8. The fourth-order valence-electron chi connectivity index (χ4n) is 3.72. The number of carbonyl (C=O) groups excluding carboxylic acids is 1. The van der Waals surface area contributed by atoms with E-state index in [1.165, 1.54) is 24.4 Å². The van der Waals surface area contributed by atoms with E-state index in [-0.39, 0.29) is 22.9 Å². The normalized spacial score (nSPS) is 11.4. The molecule has 37 heavy (non-hydrogen) atoms. The van der Waals surface area contributed by atoms with Gasteiger partial charge < -0.3 is 14.9 Å². The van der Waals surface area contributed by atoms with Gasteiger partial charge in [-0.05, 0) is 42.5 Å². The third kappa shape index (κ3) is 4.69. The Bertz CT molecular complexity index is 1790. The van der Waals surface area contributed by atoms with Gasteiger partial charge in [-0.2, -0.15) is 9.78 Å². The first-order valence-corrected chi connectivity index (χ1v) is 11.6. The van der Waals surface area contributed by atoms with E-state index in [1.54, 1.807) is 36.4 Å². The third-order valence-corrected chi connectivity index (χ3v) is 5.84. The molecule has 5 aromatic rings. The third-order valence-electron chi connectivity index (χ3n) is 5.34. The summed E-state index contributed by atoms with van der Waals surface area (Å²) in [5.74, 6) is -0.614. The maximum absolute atomic E-state index is 13.4. The molecule has 0 fully saturated rings. The Hall–Kier alpha value is -4.84. The highest BCUT2D eigenvalue weighted by molar-refractivity contribution is 9.10. The van der Waals surface area contributed by atoms with Gasteiger partial charge in [-0.1, -0.05) is 34.1 Å². The van der Waals surface area contributed by atoms with E-state index in [1.807, 2.05) is 12.1 Å². The summed E-state index contributed by atoms with van der Waals surface area (Å²) in [7, 11) is 0. The monoisotopic (exact) mass is 561 g/mol. The van der Waals surface area contributed by atoms with Gasteiger partial charge in [-0.25, -0.2) is 4.98 Å². The summed E-state index contributed by atoms with van der Waals surface area (Å²) in [4.78, 5) is 40.2. The number of halogens is 1. The molecule has 2 heterocycles. The Kier molecular flexibility index (Phi) is 6.24. The minimum Gasteiger partial charge on any atom is -0.476 e. The summed E-state index contributed by atoms with van der Waals surface area (Å²) in [6.45, 7) is -0.580. The lowest BCUT2D eigenvalue weighted by molar-refractivity contribution is -0.385. The van der Waals surface area contributed by atoms with E-state index < -0.39 is 28.7 Å². The number of para-hydroxylation sites is 2. The van der Waals surface area contributed by atoms with Crippen LogP contribution >= 0.6 is 15.9 Å². The molecule has 2 aromatic heterocycles. The van der Waals surface area contributed by atoms with Crippen LogP contribution in [0.4, 0.5) is 5.69 Å². The van der Waals surface area contributed by atoms with E-state index in [2.05, 4.69) is 26.0 Å². The molecule has 0 atom stereocenters. The van der Waals surface area contributed by atoms with Gasteiger partial charge in [0, 0.05) is 21.5 Å². The largest absolute Gasteiger partial charge is 0.476 e. The summed E-state index contributed by atoms with van der Waals surface area (Å²) in [5, 5.41) is 16.9. The predicted octanol–water partition coefficient (Wildman–Crippen LogP) is 4.23. The molecule has 0 radical (unpaired) electrons. The van der Waals surface area contributed by atoms with Gasteiger partial charge in [0.25, 0.3) is 11.5 Å². The lowest BCUT2D eigenvalue weighted by atomic mass is 10.2. The van der Waals surface area contributed by atoms with Crippen molar-refractivity contribution in [3.05, 3.63) is 97.2 Å². The fourth-order valence-corrected chi connectivity index (χ4v) is 4.10. The van der Waals surface area contributed by atoms with Gasteiger partial charge >= 0.3 is 5.69 Å². The number of fused-ring (bicyclic) bond motifs is 2. The molecule has 0 spiro atoms. The highest BCUT2D eigenvalue weighted by Crippen LogP contribution is 2.31. The molecule has 12 heteroatoms. The zero-order valence-electron chi connectivity index (χ0n) is 18.8. The maximum Gasteiger partial charge on any atom is 0.311 e. The number of amides is 1. The van der Waals surface area contributed by atoms with Crippen molar-refractivity contribution in [3.8, 4) is 17.3 Å². The second kappa shape index (κ2) is 9.66. The number of benzene rings is 3. The Morgan fingerprint density at radius 2 is 2.00 bits per heavy atom. The van der Waals surface area contributed by atoms with Crippen LogP contribution in [0.25, 0.3) is 33.5 Å². The number of ether oxygens (including phenoxy) is 1.